The number of cyclic esters (lactones) is 1. The SMILES string of the molecule is CCN(c1ncc(/C(N)=N/O)cc1CN1C(=O)O[C@H](c2cc(C(F)(F)F)cc(C(F)(F)F)c2)[C@@H]1C)C1CCCCC1. The first-order valence-electron chi connectivity index (χ1n) is 13.2. The lowest BCUT2D eigenvalue weighted by atomic mass is 9.93. The van der Waals surface area contributed by atoms with Crippen LogP contribution >= 0.6 is 0 Å². The lowest BCUT2D eigenvalue weighted by molar-refractivity contribution is -0.143. The first-order valence-corrected chi connectivity index (χ1v) is 13.2. The van der Waals surface area contributed by atoms with Crippen LogP contribution in [0.4, 0.5) is 37.0 Å². The van der Waals surface area contributed by atoms with E-state index in [-0.39, 0.29) is 30.1 Å². The topological polar surface area (TPSA) is 104 Å². The number of amides is 1. The van der Waals surface area contributed by atoms with Crippen molar-refractivity contribution in [2.45, 2.75) is 83.0 Å². The Morgan fingerprint density at radius 1 is 1.10 bits per heavy atom. The van der Waals surface area contributed by atoms with Crippen molar-refractivity contribution in [3.8, 4) is 0 Å². The zero-order valence-corrected chi connectivity index (χ0v) is 22.5. The Kier molecular flexibility index (Phi) is 8.59. The molecule has 41 heavy (non-hydrogen) atoms. The Hall–Kier alpha value is -3.71. The van der Waals surface area contributed by atoms with E-state index in [1.165, 1.54) is 18.0 Å². The molecule has 1 saturated heterocycles. The number of ether oxygens (including phenoxy) is 1. The van der Waals surface area contributed by atoms with E-state index in [2.05, 4.69) is 15.0 Å². The molecule has 2 aliphatic rings. The third-order valence-electron chi connectivity index (χ3n) is 7.65. The lowest BCUT2D eigenvalue weighted by Crippen LogP contribution is -2.39. The molecule has 3 N–H and O–H groups in total. The standard InChI is InChI=1S/C27H31F6N5O3/c1-3-37(21-7-5-4-6-8-21)24-18(9-17(13-35-24)23(34)36-40)14-38-15(2)22(41-25(38)39)16-10-19(26(28,29)30)12-20(11-16)27(31,32)33/h9-13,15,21-22,40H,3-8,14H2,1-2H3,(H2,34,36)/t15-,22-/m0/s1. The van der Waals surface area contributed by atoms with Crippen LogP contribution in [0.15, 0.2) is 35.6 Å². The van der Waals surface area contributed by atoms with Gasteiger partial charge in [0.25, 0.3) is 0 Å². The maximum atomic E-state index is 13.5. The molecule has 2 heterocycles. The van der Waals surface area contributed by atoms with Gasteiger partial charge in [-0.3, -0.25) is 4.90 Å². The van der Waals surface area contributed by atoms with Gasteiger partial charge in [-0.2, -0.15) is 26.3 Å². The molecule has 0 bridgehead atoms. The minimum absolute atomic E-state index is 0.0316. The number of halogens is 6. The first-order chi connectivity index (χ1) is 19.2. The molecule has 1 aromatic carbocycles. The van der Waals surface area contributed by atoms with Crippen molar-refractivity contribution in [2.75, 3.05) is 11.4 Å². The van der Waals surface area contributed by atoms with E-state index >= 15 is 0 Å². The highest BCUT2D eigenvalue weighted by Gasteiger charge is 2.43. The Morgan fingerprint density at radius 3 is 2.24 bits per heavy atom. The fourth-order valence-corrected chi connectivity index (χ4v) is 5.54. The molecule has 4 rings (SSSR count). The molecule has 2 aromatic rings. The molecule has 0 spiro atoms. The quantitative estimate of drug-likeness (QED) is 0.127. The molecule has 0 radical (unpaired) electrons. The van der Waals surface area contributed by atoms with Gasteiger partial charge in [-0.25, -0.2) is 9.78 Å². The number of benzene rings is 1. The van der Waals surface area contributed by atoms with Gasteiger partial charge in [0.1, 0.15) is 11.9 Å². The smallest absolute Gasteiger partial charge is 0.416 e. The molecule has 14 heteroatoms. The van der Waals surface area contributed by atoms with Crippen molar-refractivity contribution in [1.82, 2.24) is 9.88 Å². The van der Waals surface area contributed by atoms with E-state index in [4.69, 9.17) is 10.5 Å². The molecule has 1 aliphatic carbocycles. The van der Waals surface area contributed by atoms with Crippen molar-refractivity contribution < 1.29 is 41.1 Å². The van der Waals surface area contributed by atoms with Crippen LogP contribution in [-0.2, 0) is 23.6 Å². The van der Waals surface area contributed by atoms with Crippen molar-refractivity contribution in [2.24, 2.45) is 10.9 Å². The van der Waals surface area contributed by atoms with Gasteiger partial charge >= 0.3 is 18.4 Å². The zero-order chi connectivity index (χ0) is 30.1. The summed E-state index contributed by atoms with van der Waals surface area (Å²) in [4.78, 5) is 20.9. The molecule has 2 atom stereocenters. The minimum atomic E-state index is -5.04. The molecule has 224 valence electrons. The van der Waals surface area contributed by atoms with Crippen LogP contribution in [0.2, 0.25) is 0 Å². The summed E-state index contributed by atoms with van der Waals surface area (Å²) in [6.45, 7) is 3.93. The van der Waals surface area contributed by atoms with Crippen LogP contribution < -0.4 is 10.6 Å². The second-order valence-electron chi connectivity index (χ2n) is 10.3. The van der Waals surface area contributed by atoms with Crippen LogP contribution in [0.3, 0.4) is 0 Å². The van der Waals surface area contributed by atoms with Gasteiger partial charge < -0.3 is 20.6 Å². The number of hydrogen-bond donors (Lipinski definition) is 2. The number of carbonyl (C=O) groups is 1. The van der Waals surface area contributed by atoms with Crippen LogP contribution in [0, 0.1) is 0 Å². The Balaban J connectivity index is 1.71. The fraction of sp³-hybridized carbons (Fsp3) is 0.519. The normalized spacial score (nSPS) is 20.8. The number of nitrogens with two attached hydrogens (primary N) is 1. The van der Waals surface area contributed by atoms with Crippen LogP contribution in [0.25, 0.3) is 0 Å². The van der Waals surface area contributed by atoms with E-state index in [1.54, 1.807) is 6.07 Å². The van der Waals surface area contributed by atoms with Crippen LogP contribution in [0.1, 0.15) is 79.9 Å². The number of anilines is 1. The Labute approximate surface area is 232 Å². The number of carbonyl (C=O) groups excluding carboxylic acids is 1. The second kappa shape index (κ2) is 11.6. The van der Waals surface area contributed by atoms with Gasteiger partial charge in [0.2, 0.25) is 0 Å². The Morgan fingerprint density at radius 2 is 1.71 bits per heavy atom. The highest BCUT2D eigenvalue weighted by atomic mass is 19.4. The summed E-state index contributed by atoms with van der Waals surface area (Å²) in [5, 5.41) is 12.2. The van der Waals surface area contributed by atoms with E-state index < -0.39 is 47.3 Å². The van der Waals surface area contributed by atoms with E-state index in [0.717, 1.165) is 32.1 Å². The van der Waals surface area contributed by atoms with E-state index in [1.807, 2.05) is 6.92 Å². The summed E-state index contributed by atoms with van der Waals surface area (Å²) in [5.74, 6) is 0.334. The van der Waals surface area contributed by atoms with Gasteiger partial charge in [-0.05, 0) is 56.5 Å². The highest BCUT2D eigenvalue weighted by molar-refractivity contribution is 5.97. The zero-order valence-electron chi connectivity index (χ0n) is 22.5. The van der Waals surface area contributed by atoms with Crippen molar-refractivity contribution in [3.63, 3.8) is 0 Å². The summed E-state index contributed by atoms with van der Waals surface area (Å²) in [6.07, 6.45) is -5.84. The predicted octanol–water partition coefficient (Wildman–Crippen LogP) is 6.45. The molecule has 8 nitrogen and oxygen atoms in total. The van der Waals surface area contributed by atoms with E-state index in [0.29, 0.717) is 30.1 Å². The molecule has 1 saturated carbocycles. The summed E-state index contributed by atoms with van der Waals surface area (Å²) in [6, 6.07) is 2.03. The largest absolute Gasteiger partial charge is 0.439 e. The summed E-state index contributed by atoms with van der Waals surface area (Å²) in [5.41, 5.74) is 3.16. The number of rotatable bonds is 7. The molecule has 2 fully saturated rings. The number of oxime groups is 1. The van der Waals surface area contributed by atoms with Gasteiger partial charge in [-0.1, -0.05) is 24.4 Å². The average molecular weight is 588 g/mol. The molecule has 1 amide bonds. The van der Waals surface area contributed by atoms with E-state index in [9.17, 15) is 36.3 Å². The number of aromatic nitrogens is 1. The number of hydrogen-bond acceptors (Lipinski definition) is 6. The highest BCUT2D eigenvalue weighted by Crippen LogP contribution is 2.41. The molecular formula is C27H31F6N5O3. The predicted molar refractivity (Wildman–Crippen MR) is 137 cm³/mol. The minimum Gasteiger partial charge on any atom is -0.439 e. The van der Waals surface area contributed by atoms with Crippen molar-refractivity contribution in [3.05, 3.63) is 58.3 Å². The maximum absolute atomic E-state index is 13.5. The number of nitrogens with zero attached hydrogens (tertiary/aromatic N) is 4. The van der Waals surface area contributed by atoms with Gasteiger partial charge in [-0.15, -0.1) is 0 Å². The second-order valence-corrected chi connectivity index (χ2v) is 10.3. The van der Waals surface area contributed by atoms with Crippen molar-refractivity contribution >= 4 is 17.7 Å². The third-order valence-corrected chi connectivity index (χ3v) is 7.65. The number of alkyl halides is 6. The summed E-state index contributed by atoms with van der Waals surface area (Å²) in [7, 11) is 0. The van der Waals surface area contributed by atoms with Gasteiger partial charge in [0.15, 0.2) is 5.84 Å². The average Bonchev–Trinajstić information content (AvgIpc) is 3.21. The van der Waals surface area contributed by atoms with Crippen LogP contribution in [-0.4, -0.2) is 45.6 Å². The van der Waals surface area contributed by atoms with Gasteiger partial charge in [0, 0.05) is 29.9 Å². The van der Waals surface area contributed by atoms with Crippen LogP contribution in [0.5, 0.6) is 0 Å². The number of amidine groups is 1. The monoisotopic (exact) mass is 587 g/mol. The van der Waals surface area contributed by atoms with Gasteiger partial charge in [0.05, 0.1) is 23.7 Å². The summed E-state index contributed by atoms with van der Waals surface area (Å²) < 4.78 is 86.1. The first kappa shape index (κ1) is 30.3. The third kappa shape index (κ3) is 6.46. The number of pyridine rings is 1. The molecule has 0 unspecified atom stereocenters. The Bertz CT molecular complexity index is 1260. The summed E-state index contributed by atoms with van der Waals surface area (Å²) >= 11 is 0. The van der Waals surface area contributed by atoms with Crippen molar-refractivity contribution in [1.29, 1.82) is 0 Å². The fourth-order valence-electron chi connectivity index (χ4n) is 5.54. The molecular weight excluding hydrogens is 556 g/mol. The maximum Gasteiger partial charge on any atom is 0.416 e. The molecule has 1 aliphatic heterocycles. The molecule has 1 aromatic heterocycles. The lowest BCUT2D eigenvalue weighted by Gasteiger charge is -2.36.